The third-order valence-electron chi connectivity index (χ3n) is 4.28. The molecular formula is C17H20N4O3. The first-order valence-corrected chi connectivity index (χ1v) is 7.97. The van der Waals surface area contributed by atoms with E-state index in [0.717, 1.165) is 11.4 Å². The van der Waals surface area contributed by atoms with E-state index in [1.165, 1.54) is 6.20 Å². The number of nitrogens with zero attached hydrogens (tertiary/aromatic N) is 4. The summed E-state index contributed by atoms with van der Waals surface area (Å²) in [5, 5.41) is 13.5. The summed E-state index contributed by atoms with van der Waals surface area (Å²) >= 11 is 0. The summed E-state index contributed by atoms with van der Waals surface area (Å²) in [6.07, 6.45) is 2.85. The third kappa shape index (κ3) is 3.15. The summed E-state index contributed by atoms with van der Waals surface area (Å²) in [7, 11) is 0. The molecule has 3 heterocycles. The molecule has 0 radical (unpaired) electrons. The van der Waals surface area contributed by atoms with Gasteiger partial charge in [-0.05, 0) is 44.9 Å². The second kappa shape index (κ2) is 6.43. The predicted molar refractivity (Wildman–Crippen MR) is 87.1 cm³/mol. The minimum Gasteiger partial charge on any atom is -0.481 e. The number of aryl methyl sites for hydroxylation is 2. The van der Waals surface area contributed by atoms with E-state index >= 15 is 0 Å². The predicted octanol–water partition coefficient (Wildman–Crippen LogP) is 1.82. The Balaban J connectivity index is 1.76. The highest BCUT2D eigenvalue weighted by Crippen LogP contribution is 2.19. The van der Waals surface area contributed by atoms with Gasteiger partial charge in [0.05, 0.1) is 17.2 Å². The first kappa shape index (κ1) is 16.2. The van der Waals surface area contributed by atoms with Crippen LogP contribution >= 0.6 is 0 Å². The summed E-state index contributed by atoms with van der Waals surface area (Å²) in [6, 6.07) is 5.43. The summed E-state index contributed by atoms with van der Waals surface area (Å²) in [6.45, 7) is 4.70. The number of hydrogen-bond donors (Lipinski definition) is 1. The average Bonchev–Trinajstić information content (AvgIpc) is 2.93. The first-order chi connectivity index (χ1) is 11.5. The lowest BCUT2D eigenvalue weighted by molar-refractivity contribution is -0.143. The number of carbonyl (C=O) groups is 2. The number of hydrogen-bond acceptors (Lipinski definition) is 4. The van der Waals surface area contributed by atoms with E-state index in [2.05, 4.69) is 10.1 Å². The standard InChI is InChI=1S/C17H20N4O3/c1-11-8-12(2)21(19-11)15-6-5-13(9-18-15)16(22)20-7-3-4-14(10-20)17(23)24/h5-6,8-9,14H,3-4,7,10H2,1-2H3,(H,23,24). The van der Waals surface area contributed by atoms with Crippen molar-refractivity contribution in [2.24, 2.45) is 5.92 Å². The maximum absolute atomic E-state index is 12.6. The highest BCUT2D eigenvalue weighted by molar-refractivity contribution is 5.94. The first-order valence-electron chi connectivity index (χ1n) is 7.97. The Labute approximate surface area is 139 Å². The number of carboxylic acids is 1. The fourth-order valence-electron chi connectivity index (χ4n) is 3.04. The molecule has 7 heteroatoms. The van der Waals surface area contributed by atoms with E-state index in [-0.39, 0.29) is 12.5 Å². The van der Waals surface area contributed by atoms with Gasteiger partial charge in [-0.2, -0.15) is 5.10 Å². The molecule has 0 aliphatic carbocycles. The normalized spacial score (nSPS) is 17.8. The maximum atomic E-state index is 12.6. The maximum Gasteiger partial charge on any atom is 0.308 e. The van der Waals surface area contributed by atoms with Crippen molar-refractivity contribution in [2.45, 2.75) is 26.7 Å². The van der Waals surface area contributed by atoms with Crippen LogP contribution < -0.4 is 0 Å². The van der Waals surface area contributed by atoms with Gasteiger partial charge in [0.2, 0.25) is 0 Å². The SMILES string of the molecule is Cc1cc(C)n(-c2ccc(C(=O)N3CCCC(C(=O)O)C3)cn2)n1. The molecular weight excluding hydrogens is 308 g/mol. The van der Waals surface area contributed by atoms with Crippen molar-refractivity contribution in [1.82, 2.24) is 19.7 Å². The van der Waals surface area contributed by atoms with Gasteiger partial charge in [0.25, 0.3) is 5.91 Å². The molecule has 2 aromatic rings. The summed E-state index contributed by atoms with van der Waals surface area (Å²) in [5.41, 5.74) is 2.34. The highest BCUT2D eigenvalue weighted by atomic mass is 16.4. The van der Waals surface area contributed by atoms with Gasteiger partial charge in [-0.25, -0.2) is 9.67 Å². The molecule has 1 unspecified atom stereocenters. The molecule has 1 fully saturated rings. The zero-order valence-electron chi connectivity index (χ0n) is 13.8. The zero-order valence-corrected chi connectivity index (χ0v) is 13.8. The van der Waals surface area contributed by atoms with E-state index in [4.69, 9.17) is 5.11 Å². The zero-order chi connectivity index (χ0) is 17.3. The van der Waals surface area contributed by atoms with Crippen molar-refractivity contribution in [3.8, 4) is 5.82 Å². The van der Waals surface area contributed by atoms with Crippen molar-refractivity contribution >= 4 is 11.9 Å². The minimum atomic E-state index is -0.842. The van der Waals surface area contributed by atoms with Crippen LogP contribution in [0.15, 0.2) is 24.4 Å². The third-order valence-corrected chi connectivity index (χ3v) is 4.28. The molecule has 1 atom stereocenters. The van der Waals surface area contributed by atoms with E-state index in [9.17, 15) is 9.59 Å². The van der Waals surface area contributed by atoms with E-state index < -0.39 is 11.9 Å². The smallest absolute Gasteiger partial charge is 0.308 e. The van der Waals surface area contributed by atoms with Crippen LogP contribution in [0.2, 0.25) is 0 Å². The Kier molecular flexibility index (Phi) is 4.33. The lowest BCUT2D eigenvalue weighted by atomic mass is 9.98. The van der Waals surface area contributed by atoms with Crippen LogP contribution in [0.5, 0.6) is 0 Å². The van der Waals surface area contributed by atoms with Gasteiger partial charge in [0, 0.05) is 25.0 Å². The Bertz CT molecular complexity index is 767. The number of aliphatic carboxylic acids is 1. The molecule has 1 N–H and O–H groups in total. The van der Waals surface area contributed by atoms with Crippen molar-refractivity contribution in [2.75, 3.05) is 13.1 Å². The van der Waals surface area contributed by atoms with Crippen LogP contribution in [0, 0.1) is 19.8 Å². The molecule has 1 aliphatic rings. The molecule has 1 aliphatic heterocycles. The van der Waals surface area contributed by atoms with Gasteiger partial charge in [0.1, 0.15) is 0 Å². The van der Waals surface area contributed by atoms with Crippen molar-refractivity contribution in [3.63, 3.8) is 0 Å². The molecule has 0 spiro atoms. The molecule has 2 aromatic heterocycles. The number of carbonyl (C=O) groups excluding carboxylic acids is 1. The average molecular weight is 328 g/mol. The van der Waals surface area contributed by atoms with Gasteiger partial charge in [-0.15, -0.1) is 0 Å². The van der Waals surface area contributed by atoms with Crippen LogP contribution in [-0.2, 0) is 4.79 Å². The Morgan fingerprint density at radius 2 is 2.08 bits per heavy atom. The van der Waals surface area contributed by atoms with E-state index in [1.807, 2.05) is 19.9 Å². The summed E-state index contributed by atoms with van der Waals surface area (Å²) in [5.74, 6) is -0.845. The van der Waals surface area contributed by atoms with Crippen molar-refractivity contribution in [1.29, 1.82) is 0 Å². The van der Waals surface area contributed by atoms with Crippen LogP contribution in [0.4, 0.5) is 0 Å². The van der Waals surface area contributed by atoms with Gasteiger partial charge in [-0.1, -0.05) is 0 Å². The van der Waals surface area contributed by atoms with Crippen LogP contribution in [0.1, 0.15) is 34.6 Å². The Hall–Kier alpha value is -2.70. The molecule has 0 bridgehead atoms. The van der Waals surface area contributed by atoms with Crippen molar-refractivity contribution in [3.05, 3.63) is 41.3 Å². The quantitative estimate of drug-likeness (QED) is 0.928. The largest absolute Gasteiger partial charge is 0.481 e. The Morgan fingerprint density at radius 1 is 1.29 bits per heavy atom. The fraction of sp³-hybridized carbons (Fsp3) is 0.412. The van der Waals surface area contributed by atoms with Crippen molar-refractivity contribution < 1.29 is 14.7 Å². The second-order valence-electron chi connectivity index (χ2n) is 6.17. The van der Waals surface area contributed by atoms with Gasteiger partial charge in [0.15, 0.2) is 5.82 Å². The molecule has 0 saturated carbocycles. The fourth-order valence-corrected chi connectivity index (χ4v) is 3.04. The van der Waals surface area contributed by atoms with Crippen LogP contribution in [-0.4, -0.2) is 49.7 Å². The second-order valence-corrected chi connectivity index (χ2v) is 6.17. The summed E-state index contributed by atoms with van der Waals surface area (Å²) < 4.78 is 1.73. The van der Waals surface area contributed by atoms with Crippen LogP contribution in [0.3, 0.4) is 0 Å². The minimum absolute atomic E-state index is 0.173. The number of piperidine rings is 1. The number of likely N-dealkylation sites (tertiary alicyclic amines) is 1. The number of carboxylic acid groups (broad SMARTS) is 1. The topological polar surface area (TPSA) is 88.3 Å². The molecule has 1 amide bonds. The lowest BCUT2D eigenvalue weighted by Gasteiger charge is -2.30. The van der Waals surface area contributed by atoms with E-state index in [1.54, 1.807) is 21.7 Å². The number of pyridine rings is 1. The van der Waals surface area contributed by atoms with Crippen LogP contribution in [0.25, 0.3) is 5.82 Å². The van der Waals surface area contributed by atoms with Gasteiger partial charge >= 0.3 is 5.97 Å². The highest BCUT2D eigenvalue weighted by Gasteiger charge is 2.28. The van der Waals surface area contributed by atoms with E-state index in [0.29, 0.717) is 30.8 Å². The monoisotopic (exact) mass is 328 g/mol. The molecule has 1 saturated heterocycles. The number of amides is 1. The molecule has 3 rings (SSSR count). The summed E-state index contributed by atoms with van der Waals surface area (Å²) in [4.78, 5) is 29.6. The molecule has 7 nitrogen and oxygen atoms in total. The lowest BCUT2D eigenvalue weighted by Crippen LogP contribution is -2.42. The molecule has 0 aromatic carbocycles. The molecule has 24 heavy (non-hydrogen) atoms. The Morgan fingerprint density at radius 3 is 2.67 bits per heavy atom. The number of aromatic nitrogens is 3. The van der Waals surface area contributed by atoms with Gasteiger partial charge < -0.3 is 10.0 Å². The molecule has 126 valence electrons. The number of rotatable bonds is 3. The van der Waals surface area contributed by atoms with Gasteiger partial charge in [-0.3, -0.25) is 9.59 Å².